The highest BCUT2D eigenvalue weighted by Gasteiger charge is 2.04. The van der Waals surface area contributed by atoms with Crippen molar-refractivity contribution in [1.29, 1.82) is 0 Å². The Morgan fingerprint density at radius 1 is 1.43 bits per heavy atom. The van der Waals surface area contributed by atoms with Crippen LogP contribution in [0.2, 0.25) is 5.02 Å². The molecule has 1 heterocycles. The maximum atomic E-state index is 6.02. The van der Waals surface area contributed by atoms with Gasteiger partial charge in [0, 0.05) is 13.1 Å². The molecule has 0 aliphatic carbocycles. The van der Waals surface area contributed by atoms with Crippen LogP contribution in [-0.2, 0) is 6.54 Å². The molecule has 1 N–H and O–H groups in total. The number of aromatic nitrogens is 1. The smallest absolute Gasteiger partial charge is 0.126 e. The first-order valence-electron chi connectivity index (χ1n) is 4.67. The van der Waals surface area contributed by atoms with Gasteiger partial charge in [-0.2, -0.15) is 0 Å². The molecule has 78 valence electrons. The first-order chi connectivity index (χ1) is 6.63. The van der Waals surface area contributed by atoms with Crippen LogP contribution in [0.3, 0.4) is 0 Å². The molecule has 0 saturated heterocycles. The number of nitrogens with one attached hydrogen (secondary N) is 1. The van der Waals surface area contributed by atoms with Gasteiger partial charge in [0.15, 0.2) is 0 Å². The molecule has 1 aromatic rings. The Labute approximate surface area is 90.1 Å². The van der Waals surface area contributed by atoms with Gasteiger partial charge in [-0.25, -0.2) is 4.98 Å². The largest absolute Gasteiger partial charge is 0.370 e. The predicted octanol–water partition coefficient (Wildman–Crippen LogP) is 2.23. The number of anilines is 1. The van der Waals surface area contributed by atoms with E-state index in [9.17, 15) is 0 Å². The fraction of sp³-hybridized carbons (Fsp3) is 0.500. The first kappa shape index (κ1) is 11.3. The molecule has 1 aromatic heterocycles. The second-order valence-corrected chi connectivity index (χ2v) is 3.80. The van der Waals surface area contributed by atoms with Gasteiger partial charge in [0.2, 0.25) is 0 Å². The van der Waals surface area contributed by atoms with Crippen molar-refractivity contribution in [3.8, 4) is 0 Å². The summed E-state index contributed by atoms with van der Waals surface area (Å²) in [5.74, 6) is 0.883. The third kappa shape index (κ3) is 3.16. The number of hydrogen-bond donors (Lipinski definition) is 1. The average molecular weight is 214 g/mol. The lowest BCUT2D eigenvalue weighted by molar-refractivity contribution is 0.397. The second-order valence-electron chi connectivity index (χ2n) is 3.39. The standard InChI is InChI=1S/C10H16ClN3/c1-4-12-10-6-5-8(11)9(13-10)7-14(2)3/h5-6H,4,7H2,1-3H3,(H,12,13). The van der Waals surface area contributed by atoms with E-state index in [0.29, 0.717) is 0 Å². The van der Waals surface area contributed by atoms with E-state index in [2.05, 4.69) is 10.3 Å². The summed E-state index contributed by atoms with van der Waals surface area (Å²) < 4.78 is 0. The topological polar surface area (TPSA) is 28.2 Å². The number of pyridine rings is 1. The lowest BCUT2D eigenvalue weighted by Gasteiger charge is -2.11. The summed E-state index contributed by atoms with van der Waals surface area (Å²) >= 11 is 6.02. The van der Waals surface area contributed by atoms with Crippen LogP contribution in [0.4, 0.5) is 5.82 Å². The van der Waals surface area contributed by atoms with Gasteiger partial charge >= 0.3 is 0 Å². The van der Waals surface area contributed by atoms with E-state index in [1.54, 1.807) is 0 Å². The SMILES string of the molecule is CCNc1ccc(Cl)c(CN(C)C)n1. The molecule has 0 spiro atoms. The molecule has 0 aliphatic heterocycles. The summed E-state index contributed by atoms with van der Waals surface area (Å²) in [6.45, 7) is 3.68. The van der Waals surface area contributed by atoms with Crippen molar-refractivity contribution in [3.05, 3.63) is 22.8 Å². The van der Waals surface area contributed by atoms with Crippen LogP contribution in [0.15, 0.2) is 12.1 Å². The molecule has 14 heavy (non-hydrogen) atoms. The van der Waals surface area contributed by atoms with Gasteiger partial charge in [0.1, 0.15) is 5.82 Å². The molecule has 0 unspecified atom stereocenters. The monoisotopic (exact) mass is 213 g/mol. The molecule has 0 bridgehead atoms. The summed E-state index contributed by atoms with van der Waals surface area (Å²) in [4.78, 5) is 6.46. The van der Waals surface area contributed by atoms with Crippen LogP contribution in [0, 0.1) is 0 Å². The third-order valence-electron chi connectivity index (χ3n) is 1.74. The van der Waals surface area contributed by atoms with Crippen LogP contribution >= 0.6 is 11.6 Å². The van der Waals surface area contributed by atoms with E-state index in [0.717, 1.165) is 29.6 Å². The third-order valence-corrected chi connectivity index (χ3v) is 2.09. The molecule has 0 aromatic carbocycles. The number of hydrogen-bond acceptors (Lipinski definition) is 3. The maximum Gasteiger partial charge on any atom is 0.126 e. The van der Waals surface area contributed by atoms with Gasteiger partial charge < -0.3 is 10.2 Å². The van der Waals surface area contributed by atoms with Crippen molar-refractivity contribution >= 4 is 17.4 Å². The van der Waals surface area contributed by atoms with Crippen molar-refractivity contribution < 1.29 is 0 Å². The quantitative estimate of drug-likeness (QED) is 0.832. The zero-order chi connectivity index (χ0) is 10.6. The zero-order valence-corrected chi connectivity index (χ0v) is 9.60. The fourth-order valence-electron chi connectivity index (χ4n) is 1.17. The minimum Gasteiger partial charge on any atom is -0.370 e. The number of rotatable bonds is 4. The Bertz CT molecular complexity index is 299. The van der Waals surface area contributed by atoms with E-state index in [1.807, 2.05) is 38.1 Å². The van der Waals surface area contributed by atoms with Crippen molar-refractivity contribution in [2.24, 2.45) is 0 Å². The van der Waals surface area contributed by atoms with Gasteiger partial charge in [-0.15, -0.1) is 0 Å². The highest BCUT2D eigenvalue weighted by atomic mass is 35.5. The van der Waals surface area contributed by atoms with Crippen LogP contribution in [0.5, 0.6) is 0 Å². The van der Waals surface area contributed by atoms with Crippen LogP contribution in [0.25, 0.3) is 0 Å². The van der Waals surface area contributed by atoms with E-state index in [4.69, 9.17) is 11.6 Å². The Morgan fingerprint density at radius 2 is 2.14 bits per heavy atom. The van der Waals surface area contributed by atoms with Gasteiger partial charge in [-0.05, 0) is 33.2 Å². The summed E-state index contributed by atoms with van der Waals surface area (Å²) in [5, 5.41) is 3.88. The van der Waals surface area contributed by atoms with Crippen molar-refractivity contribution in [1.82, 2.24) is 9.88 Å². The lowest BCUT2D eigenvalue weighted by Crippen LogP contribution is -2.13. The van der Waals surface area contributed by atoms with Crippen LogP contribution in [-0.4, -0.2) is 30.5 Å². The highest BCUT2D eigenvalue weighted by Crippen LogP contribution is 2.17. The molecule has 0 radical (unpaired) electrons. The van der Waals surface area contributed by atoms with Crippen LogP contribution < -0.4 is 5.32 Å². The van der Waals surface area contributed by atoms with E-state index < -0.39 is 0 Å². The highest BCUT2D eigenvalue weighted by molar-refractivity contribution is 6.31. The summed E-state index contributed by atoms with van der Waals surface area (Å²) in [6.07, 6.45) is 0. The summed E-state index contributed by atoms with van der Waals surface area (Å²) in [5.41, 5.74) is 0.912. The Balaban J connectivity index is 2.84. The molecule has 1 rings (SSSR count). The van der Waals surface area contributed by atoms with Gasteiger partial charge in [0.05, 0.1) is 10.7 Å². The van der Waals surface area contributed by atoms with Crippen molar-refractivity contribution in [2.45, 2.75) is 13.5 Å². The molecule has 0 aliphatic rings. The number of nitrogens with zero attached hydrogens (tertiary/aromatic N) is 2. The summed E-state index contributed by atoms with van der Waals surface area (Å²) in [7, 11) is 4.00. The van der Waals surface area contributed by atoms with Gasteiger partial charge in [-0.3, -0.25) is 0 Å². The predicted molar refractivity (Wildman–Crippen MR) is 60.8 cm³/mol. The Hall–Kier alpha value is -0.800. The average Bonchev–Trinajstić information content (AvgIpc) is 2.10. The van der Waals surface area contributed by atoms with Gasteiger partial charge in [-0.1, -0.05) is 11.6 Å². The lowest BCUT2D eigenvalue weighted by atomic mass is 10.3. The molecule has 3 nitrogen and oxygen atoms in total. The van der Waals surface area contributed by atoms with E-state index in [-0.39, 0.29) is 0 Å². The van der Waals surface area contributed by atoms with Crippen LogP contribution in [0.1, 0.15) is 12.6 Å². The minimum absolute atomic E-state index is 0.723. The zero-order valence-electron chi connectivity index (χ0n) is 8.84. The second kappa shape index (κ2) is 5.17. The maximum absolute atomic E-state index is 6.02. The fourth-order valence-corrected chi connectivity index (χ4v) is 1.34. The Kier molecular flexibility index (Phi) is 4.17. The molecule has 0 fully saturated rings. The molecule has 0 saturated carbocycles. The normalized spacial score (nSPS) is 10.6. The van der Waals surface area contributed by atoms with Gasteiger partial charge in [0.25, 0.3) is 0 Å². The van der Waals surface area contributed by atoms with E-state index >= 15 is 0 Å². The summed E-state index contributed by atoms with van der Waals surface area (Å²) in [6, 6.07) is 3.77. The first-order valence-corrected chi connectivity index (χ1v) is 5.05. The number of halogens is 1. The van der Waals surface area contributed by atoms with Crippen molar-refractivity contribution in [2.75, 3.05) is 26.0 Å². The molecule has 4 heteroatoms. The minimum atomic E-state index is 0.723. The Morgan fingerprint density at radius 3 is 2.71 bits per heavy atom. The molecule has 0 atom stereocenters. The molecular weight excluding hydrogens is 198 g/mol. The van der Waals surface area contributed by atoms with Crippen molar-refractivity contribution in [3.63, 3.8) is 0 Å². The van der Waals surface area contributed by atoms with E-state index in [1.165, 1.54) is 0 Å². The molecular formula is C10H16ClN3. The molecule has 0 amide bonds.